The summed E-state index contributed by atoms with van der Waals surface area (Å²) in [6, 6.07) is 5.69. The molecule has 0 unspecified atom stereocenters. The summed E-state index contributed by atoms with van der Waals surface area (Å²) in [5, 5.41) is 6.00. The van der Waals surface area contributed by atoms with E-state index in [9.17, 15) is 4.79 Å². The van der Waals surface area contributed by atoms with Gasteiger partial charge in [-0.05, 0) is 41.6 Å². The molecule has 1 heterocycles. The molecule has 68 valence electrons. The largest absolute Gasteiger partial charge is 0.371 e. The molecule has 0 saturated carbocycles. The van der Waals surface area contributed by atoms with Crippen molar-refractivity contribution in [3.8, 4) is 0 Å². The molecule has 4 heteroatoms. The first-order chi connectivity index (χ1) is 6.18. The Morgan fingerprint density at radius 3 is 3.00 bits per heavy atom. The Labute approximate surface area is 90.0 Å². The van der Waals surface area contributed by atoms with Gasteiger partial charge in [0.25, 0.3) is 0 Å². The number of anilines is 2. The van der Waals surface area contributed by atoms with Crippen LogP contribution in [0.1, 0.15) is 6.92 Å². The van der Waals surface area contributed by atoms with Crippen LogP contribution in [-0.4, -0.2) is 11.9 Å². The Kier molecular flexibility index (Phi) is 2.15. The van der Waals surface area contributed by atoms with E-state index in [1.54, 1.807) is 0 Å². The van der Waals surface area contributed by atoms with Crippen molar-refractivity contribution >= 4 is 39.9 Å². The molecule has 0 aromatic heterocycles. The molecule has 1 atom stereocenters. The van der Waals surface area contributed by atoms with E-state index in [0.717, 1.165) is 14.9 Å². The molecule has 0 radical (unpaired) electrons. The Balaban J connectivity index is 2.48. The van der Waals surface area contributed by atoms with Gasteiger partial charge in [0, 0.05) is 3.57 Å². The lowest BCUT2D eigenvalue weighted by Crippen LogP contribution is -2.36. The molecule has 0 aliphatic carbocycles. The van der Waals surface area contributed by atoms with Gasteiger partial charge in [-0.15, -0.1) is 0 Å². The fourth-order valence-corrected chi connectivity index (χ4v) is 1.95. The molecule has 0 spiro atoms. The molecule has 2 rings (SSSR count). The maximum Gasteiger partial charge on any atom is 0.246 e. The van der Waals surface area contributed by atoms with E-state index in [1.165, 1.54) is 0 Å². The van der Waals surface area contributed by atoms with Crippen LogP contribution >= 0.6 is 22.6 Å². The van der Waals surface area contributed by atoms with Crippen molar-refractivity contribution < 1.29 is 4.79 Å². The first-order valence-electron chi connectivity index (χ1n) is 4.04. The quantitative estimate of drug-likeness (QED) is 0.717. The molecule has 1 aliphatic rings. The highest BCUT2D eigenvalue weighted by Crippen LogP contribution is 2.30. The van der Waals surface area contributed by atoms with Gasteiger partial charge in [0.05, 0.1) is 11.4 Å². The number of amides is 1. The summed E-state index contributed by atoms with van der Waals surface area (Å²) >= 11 is 2.25. The average Bonchev–Trinajstić information content (AvgIpc) is 2.09. The monoisotopic (exact) mass is 288 g/mol. The summed E-state index contributed by atoms with van der Waals surface area (Å²) < 4.78 is 1.13. The van der Waals surface area contributed by atoms with Gasteiger partial charge in [0.2, 0.25) is 5.91 Å². The number of hydrogen-bond donors (Lipinski definition) is 2. The number of carbonyl (C=O) groups is 1. The summed E-state index contributed by atoms with van der Waals surface area (Å²) in [7, 11) is 0. The third-order valence-corrected chi connectivity index (χ3v) is 2.92. The van der Waals surface area contributed by atoms with Gasteiger partial charge in [-0.3, -0.25) is 4.79 Å². The lowest BCUT2D eigenvalue weighted by molar-refractivity contribution is -0.116. The summed E-state index contributed by atoms with van der Waals surface area (Å²) in [6.07, 6.45) is 0. The van der Waals surface area contributed by atoms with E-state index in [-0.39, 0.29) is 11.9 Å². The molecule has 1 aromatic rings. The van der Waals surface area contributed by atoms with Crippen LogP contribution in [0.3, 0.4) is 0 Å². The molecule has 0 bridgehead atoms. The van der Waals surface area contributed by atoms with E-state index < -0.39 is 0 Å². The first-order valence-corrected chi connectivity index (χ1v) is 5.12. The number of rotatable bonds is 0. The van der Waals surface area contributed by atoms with Crippen molar-refractivity contribution in [1.82, 2.24) is 0 Å². The van der Waals surface area contributed by atoms with E-state index in [1.807, 2.05) is 25.1 Å². The predicted octanol–water partition coefficient (Wildman–Crippen LogP) is 2.04. The highest BCUT2D eigenvalue weighted by molar-refractivity contribution is 14.1. The van der Waals surface area contributed by atoms with Crippen LogP contribution in [0.4, 0.5) is 11.4 Å². The summed E-state index contributed by atoms with van der Waals surface area (Å²) in [5.74, 6) is 0.0227. The standard InChI is InChI=1S/C9H9IN2O/c1-5-9(13)12-7-4-2-3-6(10)8(7)11-5/h2-5,11H,1H3,(H,12,13)/t5-/m0/s1. The molecule has 2 N–H and O–H groups in total. The normalized spacial score (nSPS) is 20.2. The van der Waals surface area contributed by atoms with Gasteiger partial charge < -0.3 is 10.6 Å². The minimum Gasteiger partial charge on any atom is -0.371 e. The minimum absolute atomic E-state index is 0.0227. The van der Waals surface area contributed by atoms with Crippen LogP contribution in [0.5, 0.6) is 0 Å². The lowest BCUT2D eigenvalue weighted by atomic mass is 10.1. The fourth-order valence-electron chi connectivity index (χ4n) is 1.30. The SMILES string of the molecule is C[C@@H]1Nc2c(I)cccc2NC1=O. The van der Waals surface area contributed by atoms with Gasteiger partial charge in [-0.2, -0.15) is 0 Å². The summed E-state index contributed by atoms with van der Waals surface area (Å²) in [5.41, 5.74) is 1.89. The Bertz CT molecular complexity index is 365. The second-order valence-corrected chi connectivity index (χ2v) is 4.18. The predicted molar refractivity (Wildman–Crippen MR) is 60.9 cm³/mol. The smallest absolute Gasteiger partial charge is 0.246 e. The maximum absolute atomic E-state index is 11.3. The number of nitrogens with one attached hydrogen (secondary N) is 2. The summed E-state index contributed by atoms with van der Waals surface area (Å²) in [6.45, 7) is 1.85. The topological polar surface area (TPSA) is 41.1 Å². The van der Waals surface area contributed by atoms with Crippen molar-refractivity contribution in [2.45, 2.75) is 13.0 Å². The zero-order chi connectivity index (χ0) is 9.42. The van der Waals surface area contributed by atoms with E-state index in [4.69, 9.17) is 0 Å². The first kappa shape index (κ1) is 8.80. The van der Waals surface area contributed by atoms with Crippen LogP contribution in [0.15, 0.2) is 18.2 Å². The Morgan fingerprint density at radius 2 is 2.23 bits per heavy atom. The van der Waals surface area contributed by atoms with Crippen molar-refractivity contribution in [2.75, 3.05) is 10.6 Å². The second kappa shape index (κ2) is 3.17. The molecule has 0 saturated heterocycles. The molecule has 1 aliphatic heterocycles. The molecular formula is C9H9IN2O. The van der Waals surface area contributed by atoms with Crippen LogP contribution in [0, 0.1) is 3.57 Å². The van der Waals surface area contributed by atoms with Gasteiger partial charge in [-0.1, -0.05) is 6.07 Å². The lowest BCUT2D eigenvalue weighted by Gasteiger charge is -2.24. The number of para-hydroxylation sites is 1. The van der Waals surface area contributed by atoms with Crippen molar-refractivity contribution in [3.63, 3.8) is 0 Å². The van der Waals surface area contributed by atoms with E-state index in [0.29, 0.717) is 0 Å². The number of carbonyl (C=O) groups excluding carboxylic acids is 1. The number of halogens is 1. The zero-order valence-electron chi connectivity index (χ0n) is 7.10. The van der Waals surface area contributed by atoms with Crippen LogP contribution in [0.2, 0.25) is 0 Å². The number of hydrogen-bond acceptors (Lipinski definition) is 2. The molecular weight excluding hydrogens is 279 g/mol. The number of fused-ring (bicyclic) bond motifs is 1. The van der Waals surface area contributed by atoms with Gasteiger partial charge in [0.15, 0.2) is 0 Å². The fraction of sp³-hybridized carbons (Fsp3) is 0.222. The molecule has 3 nitrogen and oxygen atoms in total. The van der Waals surface area contributed by atoms with Gasteiger partial charge >= 0.3 is 0 Å². The van der Waals surface area contributed by atoms with Crippen molar-refractivity contribution in [3.05, 3.63) is 21.8 Å². The molecule has 13 heavy (non-hydrogen) atoms. The van der Waals surface area contributed by atoms with Crippen LogP contribution in [0.25, 0.3) is 0 Å². The van der Waals surface area contributed by atoms with Crippen molar-refractivity contribution in [1.29, 1.82) is 0 Å². The molecule has 1 aromatic carbocycles. The van der Waals surface area contributed by atoms with Gasteiger partial charge in [-0.25, -0.2) is 0 Å². The van der Waals surface area contributed by atoms with E-state index in [2.05, 4.69) is 33.2 Å². The van der Waals surface area contributed by atoms with Gasteiger partial charge in [0.1, 0.15) is 6.04 Å². The van der Waals surface area contributed by atoms with Crippen molar-refractivity contribution in [2.24, 2.45) is 0 Å². The Morgan fingerprint density at radius 1 is 1.46 bits per heavy atom. The highest BCUT2D eigenvalue weighted by atomic mass is 127. The second-order valence-electron chi connectivity index (χ2n) is 3.02. The Hall–Kier alpha value is -0.780. The zero-order valence-corrected chi connectivity index (χ0v) is 9.25. The minimum atomic E-state index is -0.150. The molecule has 1 amide bonds. The highest BCUT2D eigenvalue weighted by Gasteiger charge is 2.22. The number of benzene rings is 1. The molecule has 0 fully saturated rings. The third kappa shape index (κ3) is 1.50. The van der Waals surface area contributed by atoms with Crippen LogP contribution < -0.4 is 10.6 Å². The summed E-state index contributed by atoms with van der Waals surface area (Å²) in [4.78, 5) is 11.3. The average molecular weight is 288 g/mol. The third-order valence-electron chi connectivity index (χ3n) is 2.03. The van der Waals surface area contributed by atoms with E-state index >= 15 is 0 Å². The van der Waals surface area contributed by atoms with Crippen LogP contribution in [-0.2, 0) is 4.79 Å². The maximum atomic E-state index is 11.3.